The van der Waals surface area contributed by atoms with Crippen LogP contribution in [0.3, 0.4) is 0 Å². The summed E-state index contributed by atoms with van der Waals surface area (Å²) in [5.41, 5.74) is 0.963. The summed E-state index contributed by atoms with van der Waals surface area (Å²) in [6.45, 7) is 1.73. The molecular weight excluding hydrogens is 180 g/mol. The largest absolute Gasteiger partial charge is 0.477 e. The molecule has 4 heteroatoms. The predicted molar refractivity (Wildman–Crippen MR) is 50.2 cm³/mol. The zero-order chi connectivity index (χ0) is 10.1. The van der Waals surface area contributed by atoms with Crippen molar-refractivity contribution in [2.24, 2.45) is 5.92 Å². The minimum absolute atomic E-state index is 0.105. The SMILES string of the molecule is Cc1nc(CC2CC2)cc(C(=O)O)n1. The third kappa shape index (κ3) is 2.07. The summed E-state index contributed by atoms with van der Waals surface area (Å²) in [4.78, 5) is 18.8. The molecule has 0 atom stereocenters. The van der Waals surface area contributed by atoms with Crippen molar-refractivity contribution in [1.29, 1.82) is 0 Å². The molecule has 0 saturated heterocycles. The Bertz CT molecular complexity index is 372. The van der Waals surface area contributed by atoms with Gasteiger partial charge in [-0.1, -0.05) is 0 Å². The van der Waals surface area contributed by atoms with Gasteiger partial charge in [-0.05, 0) is 38.2 Å². The molecule has 1 fully saturated rings. The lowest BCUT2D eigenvalue weighted by Gasteiger charge is -2.01. The van der Waals surface area contributed by atoms with Crippen LogP contribution in [0.4, 0.5) is 0 Å². The van der Waals surface area contributed by atoms with E-state index in [-0.39, 0.29) is 5.69 Å². The molecule has 2 rings (SSSR count). The monoisotopic (exact) mass is 192 g/mol. The van der Waals surface area contributed by atoms with E-state index in [9.17, 15) is 4.79 Å². The van der Waals surface area contributed by atoms with Gasteiger partial charge in [-0.2, -0.15) is 0 Å². The lowest BCUT2D eigenvalue weighted by molar-refractivity contribution is 0.0689. The van der Waals surface area contributed by atoms with Crippen LogP contribution >= 0.6 is 0 Å². The van der Waals surface area contributed by atoms with Gasteiger partial charge in [-0.3, -0.25) is 0 Å². The van der Waals surface area contributed by atoms with Crippen LogP contribution in [-0.4, -0.2) is 21.0 Å². The third-order valence-corrected chi connectivity index (χ3v) is 2.30. The number of hydrogen-bond acceptors (Lipinski definition) is 3. The standard InChI is InChI=1S/C10H12N2O2/c1-6-11-8(4-7-2-3-7)5-9(12-6)10(13)14/h5,7H,2-4H2,1H3,(H,13,14). The number of aryl methyl sites for hydroxylation is 1. The van der Waals surface area contributed by atoms with Crippen LogP contribution in [0.5, 0.6) is 0 Å². The van der Waals surface area contributed by atoms with Crippen molar-refractivity contribution in [2.45, 2.75) is 26.2 Å². The summed E-state index contributed by atoms with van der Waals surface area (Å²) in [6, 6.07) is 1.58. The van der Waals surface area contributed by atoms with E-state index in [4.69, 9.17) is 5.11 Å². The molecule has 1 aliphatic rings. The van der Waals surface area contributed by atoms with Crippen LogP contribution in [0.25, 0.3) is 0 Å². The zero-order valence-corrected chi connectivity index (χ0v) is 8.03. The molecule has 0 unspecified atom stereocenters. The molecule has 14 heavy (non-hydrogen) atoms. The predicted octanol–water partition coefficient (Wildman–Crippen LogP) is 1.44. The maximum Gasteiger partial charge on any atom is 0.354 e. The van der Waals surface area contributed by atoms with Gasteiger partial charge in [0.2, 0.25) is 0 Å². The van der Waals surface area contributed by atoms with E-state index < -0.39 is 5.97 Å². The van der Waals surface area contributed by atoms with Crippen molar-refractivity contribution >= 4 is 5.97 Å². The Morgan fingerprint density at radius 2 is 2.29 bits per heavy atom. The second kappa shape index (κ2) is 3.36. The lowest BCUT2D eigenvalue weighted by atomic mass is 10.2. The minimum Gasteiger partial charge on any atom is -0.477 e. The van der Waals surface area contributed by atoms with Crippen LogP contribution in [0.1, 0.15) is 34.8 Å². The Hall–Kier alpha value is -1.45. The second-order valence-electron chi connectivity index (χ2n) is 3.74. The first kappa shape index (κ1) is 9.12. The molecule has 4 nitrogen and oxygen atoms in total. The van der Waals surface area contributed by atoms with Gasteiger partial charge in [0.05, 0.1) is 0 Å². The van der Waals surface area contributed by atoms with E-state index in [0.717, 1.165) is 12.1 Å². The number of carboxylic acids is 1. The highest BCUT2D eigenvalue weighted by molar-refractivity contribution is 5.85. The van der Waals surface area contributed by atoms with E-state index in [1.807, 2.05) is 0 Å². The fraction of sp³-hybridized carbons (Fsp3) is 0.500. The molecule has 1 heterocycles. The Labute approximate surface area is 82.0 Å². The molecule has 0 aromatic carbocycles. The Kier molecular flexibility index (Phi) is 2.19. The number of rotatable bonds is 3. The van der Waals surface area contributed by atoms with Crippen LogP contribution in [0.2, 0.25) is 0 Å². The van der Waals surface area contributed by atoms with Gasteiger partial charge in [0.1, 0.15) is 5.82 Å². The summed E-state index contributed by atoms with van der Waals surface area (Å²) in [5, 5.41) is 8.79. The molecule has 1 aromatic rings. The molecule has 1 aliphatic carbocycles. The van der Waals surface area contributed by atoms with Crippen molar-refractivity contribution in [1.82, 2.24) is 9.97 Å². The first-order valence-electron chi connectivity index (χ1n) is 4.73. The van der Waals surface area contributed by atoms with Crippen molar-refractivity contribution in [3.05, 3.63) is 23.3 Å². The Balaban J connectivity index is 2.25. The third-order valence-electron chi connectivity index (χ3n) is 2.30. The summed E-state index contributed by atoms with van der Waals surface area (Å²) in [7, 11) is 0. The molecule has 1 N–H and O–H groups in total. The first-order valence-corrected chi connectivity index (χ1v) is 4.73. The lowest BCUT2D eigenvalue weighted by Crippen LogP contribution is -2.06. The topological polar surface area (TPSA) is 63.1 Å². The van der Waals surface area contributed by atoms with Gasteiger partial charge in [0.25, 0.3) is 0 Å². The number of hydrogen-bond donors (Lipinski definition) is 1. The summed E-state index contributed by atoms with van der Waals surface area (Å²) in [6.07, 6.45) is 3.38. The van der Waals surface area contributed by atoms with Crippen LogP contribution in [-0.2, 0) is 6.42 Å². The van der Waals surface area contributed by atoms with Crippen molar-refractivity contribution in [3.63, 3.8) is 0 Å². The second-order valence-corrected chi connectivity index (χ2v) is 3.74. The summed E-state index contributed by atoms with van der Waals surface area (Å²) in [5.74, 6) is 0.277. The van der Waals surface area contributed by atoms with Crippen molar-refractivity contribution in [3.8, 4) is 0 Å². The number of aromatic nitrogens is 2. The highest BCUT2D eigenvalue weighted by Crippen LogP contribution is 2.32. The van der Waals surface area contributed by atoms with Gasteiger partial charge in [-0.15, -0.1) is 0 Å². The Morgan fingerprint density at radius 1 is 1.57 bits per heavy atom. The summed E-state index contributed by atoms with van der Waals surface area (Å²) < 4.78 is 0. The Morgan fingerprint density at radius 3 is 2.86 bits per heavy atom. The fourth-order valence-corrected chi connectivity index (χ4v) is 1.46. The van der Waals surface area contributed by atoms with E-state index >= 15 is 0 Å². The normalized spacial score (nSPS) is 15.5. The first-order chi connectivity index (χ1) is 6.65. The highest BCUT2D eigenvalue weighted by Gasteiger charge is 2.22. The van der Waals surface area contributed by atoms with E-state index in [1.54, 1.807) is 13.0 Å². The number of nitrogens with zero attached hydrogens (tertiary/aromatic N) is 2. The molecule has 0 bridgehead atoms. The summed E-state index contributed by atoms with van der Waals surface area (Å²) >= 11 is 0. The van der Waals surface area contributed by atoms with Gasteiger partial charge in [0.15, 0.2) is 5.69 Å². The molecular formula is C10H12N2O2. The average Bonchev–Trinajstić information content (AvgIpc) is 2.87. The number of carbonyl (C=O) groups is 1. The number of aromatic carboxylic acids is 1. The average molecular weight is 192 g/mol. The van der Waals surface area contributed by atoms with Gasteiger partial charge < -0.3 is 5.11 Å². The van der Waals surface area contributed by atoms with Crippen molar-refractivity contribution in [2.75, 3.05) is 0 Å². The van der Waals surface area contributed by atoms with E-state index in [0.29, 0.717) is 11.7 Å². The smallest absolute Gasteiger partial charge is 0.354 e. The molecule has 1 saturated carbocycles. The molecule has 1 aromatic heterocycles. The van der Waals surface area contributed by atoms with Gasteiger partial charge in [0, 0.05) is 5.69 Å². The zero-order valence-electron chi connectivity index (χ0n) is 8.03. The maximum atomic E-state index is 10.7. The van der Waals surface area contributed by atoms with E-state index in [1.165, 1.54) is 12.8 Å². The molecule has 0 spiro atoms. The fourth-order valence-electron chi connectivity index (χ4n) is 1.46. The van der Waals surface area contributed by atoms with Gasteiger partial charge >= 0.3 is 5.97 Å². The molecule has 0 amide bonds. The molecule has 74 valence electrons. The van der Waals surface area contributed by atoms with Crippen LogP contribution < -0.4 is 0 Å². The van der Waals surface area contributed by atoms with Crippen LogP contribution in [0, 0.1) is 12.8 Å². The maximum absolute atomic E-state index is 10.7. The molecule has 0 radical (unpaired) electrons. The quantitative estimate of drug-likeness (QED) is 0.787. The highest BCUT2D eigenvalue weighted by atomic mass is 16.4. The number of carboxylic acid groups (broad SMARTS) is 1. The van der Waals surface area contributed by atoms with Crippen LogP contribution in [0.15, 0.2) is 6.07 Å². The van der Waals surface area contributed by atoms with E-state index in [2.05, 4.69) is 9.97 Å². The minimum atomic E-state index is -0.979. The van der Waals surface area contributed by atoms with Gasteiger partial charge in [-0.25, -0.2) is 14.8 Å². The van der Waals surface area contributed by atoms with Crippen molar-refractivity contribution < 1.29 is 9.90 Å². The molecule has 0 aliphatic heterocycles.